The fraction of sp³-hybridized carbons (Fsp3) is 0.158. The highest BCUT2D eigenvalue weighted by Crippen LogP contribution is 2.24. The molecule has 0 saturated heterocycles. The Hall–Kier alpha value is -2.99. The summed E-state index contributed by atoms with van der Waals surface area (Å²) in [6, 6.07) is 13.6. The van der Waals surface area contributed by atoms with E-state index in [1.54, 1.807) is 48.5 Å². The molecular formula is C19H14ClN3O3. The summed E-state index contributed by atoms with van der Waals surface area (Å²) in [5, 5.41) is 0.476. The number of rotatable bonds is 4. The number of hydrogen-bond acceptors (Lipinski definition) is 4. The van der Waals surface area contributed by atoms with Gasteiger partial charge in [-0.1, -0.05) is 24.3 Å². The van der Waals surface area contributed by atoms with Gasteiger partial charge in [0.25, 0.3) is 17.4 Å². The maximum Gasteiger partial charge on any atom is 0.261 e. The van der Waals surface area contributed by atoms with Crippen molar-refractivity contribution in [1.29, 1.82) is 0 Å². The number of carbonyl (C=O) groups is 2. The van der Waals surface area contributed by atoms with E-state index in [1.165, 1.54) is 4.57 Å². The Morgan fingerprint density at radius 2 is 1.50 bits per heavy atom. The first-order valence-electron chi connectivity index (χ1n) is 8.11. The van der Waals surface area contributed by atoms with Crippen LogP contribution in [0.3, 0.4) is 0 Å². The average molecular weight is 368 g/mol. The first-order chi connectivity index (χ1) is 12.6. The van der Waals surface area contributed by atoms with Crippen molar-refractivity contribution in [3.8, 4) is 0 Å². The number of fused-ring (bicyclic) bond motifs is 2. The molecule has 0 atom stereocenters. The van der Waals surface area contributed by atoms with E-state index < -0.39 is 0 Å². The zero-order valence-corrected chi connectivity index (χ0v) is 14.4. The summed E-state index contributed by atoms with van der Waals surface area (Å²) in [5.41, 5.74) is 1.02. The van der Waals surface area contributed by atoms with Crippen LogP contribution in [-0.2, 0) is 13.1 Å². The van der Waals surface area contributed by atoms with Crippen LogP contribution >= 0.6 is 11.6 Å². The van der Waals surface area contributed by atoms with Crippen molar-refractivity contribution in [2.24, 2.45) is 0 Å². The van der Waals surface area contributed by atoms with E-state index in [-0.39, 0.29) is 36.3 Å². The van der Waals surface area contributed by atoms with Gasteiger partial charge in [-0.15, -0.1) is 11.6 Å². The molecule has 0 N–H and O–H groups in total. The van der Waals surface area contributed by atoms with Crippen LogP contribution in [0.25, 0.3) is 10.9 Å². The second-order valence-electron chi connectivity index (χ2n) is 5.93. The van der Waals surface area contributed by atoms with Gasteiger partial charge >= 0.3 is 0 Å². The van der Waals surface area contributed by atoms with E-state index in [1.807, 2.05) is 0 Å². The van der Waals surface area contributed by atoms with Gasteiger partial charge < -0.3 is 0 Å². The second kappa shape index (κ2) is 6.38. The standard InChI is InChI=1S/C19H14ClN3O3/c20-9-10-22-16(21-15-8-4-3-7-14(15)19(22)26)11-23-17(24)12-5-1-2-6-13(12)18(23)25/h1-8H,9-11H2. The highest BCUT2D eigenvalue weighted by Gasteiger charge is 2.35. The zero-order valence-electron chi connectivity index (χ0n) is 13.7. The molecule has 0 unspecified atom stereocenters. The number of alkyl halides is 1. The van der Waals surface area contributed by atoms with E-state index in [0.717, 1.165) is 4.90 Å². The molecule has 3 aromatic rings. The summed E-state index contributed by atoms with van der Waals surface area (Å²) in [6.07, 6.45) is 0. The molecule has 0 fully saturated rings. The largest absolute Gasteiger partial charge is 0.293 e. The zero-order chi connectivity index (χ0) is 18.3. The molecule has 4 rings (SSSR count). The summed E-state index contributed by atoms with van der Waals surface area (Å²) in [7, 11) is 0. The molecule has 2 aromatic carbocycles. The van der Waals surface area contributed by atoms with Crippen LogP contribution in [0.2, 0.25) is 0 Å². The minimum Gasteiger partial charge on any atom is -0.293 e. The van der Waals surface area contributed by atoms with E-state index in [4.69, 9.17) is 11.6 Å². The highest BCUT2D eigenvalue weighted by atomic mass is 35.5. The quantitative estimate of drug-likeness (QED) is 0.524. The van der Waals surface area contributed by atoms with Crippen LogP contribution < -0.4 is 5.56 Å². The lowest BCUT2D eigenvalue weighted by molar-refractivity contribution is 0.0636. The first kappa shape index (κ1) is 16.5. The Morgan fingerprint density at radius 3 is 2.15 bits per heavy atom. The summed E-state index contributed by atoms with van der Waals surface area (Å²) in [6.45, 7) is 0.167. The fourth-order valence-electron chi connectivity index (χ4n) is 3.17. The third-order valence-electron chi connectivity index (χ3n) is 4.43. The number of aromatic nitrogens is 2. The molecule has 130 valence electrons. The molecule has 0 saturated carbocycles. The van der Waals surface area contributed by atoms with Gasteiger partial charge in [0.15, 0.2) is 0 Å². The predicted octanol–water partition coefficient (Wildman–Crippen LogP) is 2.43. The normalized spacial score (nSPS) is 13.5. The Morgan fingerprint density at radius 1 is 0.885 bits per heavy atom. The van der Waals surface area contributed by atoms with E-state index >= 15 is 0 Å². The summed E-state index contributed by atoms with van der Waals surface area (Å²) in [5.74, 6) is -0.214. The monoisotopic (exact) mass is 367 g/mol. The third-order valence-corrected chi connectivity index (χ3v) is 4.60. The van der Waals surface area contributed by atoms with Gasteiger partial charge in [-0.25, -0.2) is 4.98 Å². The molecule has 0 radical (unpaired) electrons. The third kappa shape index (κ3) is 2.50. The number of halogens is 1. The van der Waals surface area contributed by atoms with E-state index in [9.17, 15) is 14.4 Å². The predicted molar refractivity (Wildman–Crippen MR) is 97.4 cm³/mol. The van der Waals surface area contributed by atoms with Crippen LogP contribution in [0.1, 0.15) is 26.5 Å². The van der Waals surface area contributed by atoms with Gasteiger partial charge in [-0.3, -0.25) is 23.9 Å². The minimum atomic E-state index is -0.384. The van der Waals surface area contributed by atoms with Crippen LogP contribution in [-0.4, -0.2) is 32.1 Å². The number of benzene rings is 2. The van der Waals surface area contributed by atoms with Gasteiger partial charge in [-0.05, 0) is 24.3 Å². The summed E-state index contributed by atoms with van der Waals surface area (Å²) < 4.78 is 1.43. The molecule has 0 bridgehead atoms. The smallest absolute Gasteiger partial charge is 0.261 e. The minimum absolute atomic E-state index is 0.0800. The lowest BCUT2D eigenvalue weighted by Crippen LogP contribution is -2.34. The van der Waals surface area contributed by atoms with E-state index in [2.05, 4.69) is 4.98 Å². The number of hydrogen-bond donors (Lipinski definition) is 0. The molecule has 26 heavy (non-hydrogen) atoms. The molecule has 7 heteroatoms. The summed E-state index contributed by atoms with van der Waals surface area (Å²) >= 11 is 5.84. The lowest BCUT2D eigenvalue weighted by Gasteiger charge is -2.17. The Labute approximate surface area is 153 Å². The van der Waals surface area contributed by atoms with Crippen LogP contribution in [0.4, 0.5) is 0 Å². The Kier molecular flexibility index (Phi) is 4.05. The maximum absolute atomic E-state index is 12.8. The lowest BCUT2D eigenvalue weighted by atomic mass is 10.1. The van der Waals surface area contributed by atoms with Crippen molar-refractivity contribution < 1.29 is 9.59 Å². The van der Waals surface area contributed by atoms with Crippen molar-refractivity contribution in [3.05, 3.63) is 75.8 Å². The molecule has 1 aromatic heterocycles. The second-order valence-corrected chi connectivity index (χ2v) is 6.31. The molecule has 2 heterocycles. The van der Waals surface area contributed by atoms with Crippen molar-refractivity contribution in [2.75, 3.05) is 5.88 Å². The molecule has 2 amide bonds. The molecule has 1 aliphatic heterocycles. The molecular weight excluding hydrogens is 354 g/mol. The molecule has 0 aliphatic carbocycles. The van der Waals surface area contributed by atoms with Crippen molar-refractivity contribution in [2.45, 2.75) is 13.1 Å². The number of imide groups is 1. The summed E-state index contributed by atoms with van der Waals surface area (Å²) in [4.78, 5) is 43.6. The number of carbonyl (C=O) groups excluding carboxylic acids is 2. The topological polar surface area (TPSA) is 72.3 Å². The van der Waals surface area contributed by atoms with Gasteiger partial charge in [0.05, 0.1) is 28.6 Å². The molecule has 1 aliphatic rings. The molecule has 6 nitrogen and oxygen atoms in total. The number of amides is 2. The first-order valence-corrected chi connectivity index (χ1v) is 8.65. The van der Waals surface area contributed by atoms with Gasteiger partial charge in [0.1, 0.15) is 5.82 Å². The van der Waals surface area contributed by atoms with Crippen LogP contribution in [0.15, 0.2) is 53.3 Å². The number of nitrogens with zero attached hydrogens (tertiary/aromatic N) is 3. The van der Waals surface area contributed by atoms with Gasteiger partial charge in [0.2, 0.25) is 0 Å². The Bertz CT molecular complexity index is 1070. The van der Waals surface area contributed by atoms with Crippen molar-refractivity contribution in [3.63, 3.8) is 0 Å². The SMILES string of the molecule is O=C1c2ccccc2C(=O)N1Cc1nc2ccccc2c(=O)n1CCCl. The van der Waals surface area contributed by atoms with Crippen LogP contribution in [0.5, 0.6) is 0 Å². The Balaban J connectivity index is 1.81. The highest BCUT2D eigenvalue weighted by molar-refractivity contribution is 6.21. The van der Waals surface area contributed by atoms with Crippen molar-refractivity contribution >= 4 is 34.3 Å². The maximum atomic E-state index is 12.8. The van der Waals surface area contributed by atoms with Crippen molar-refractivity contribution in [1.82, 2.24) is 14.5 Å². The van der Waals surface area contributed by atoms with Gasteiger partial charge in [-0.2, -0.15) is 0 Å². The fourth-order valence-corrected chi connectivity index (χ4v) is 3.34. The van der Waals surface area contributed by atoms with Gasteiger partial charge in [0, 0.05) is 12.4 Å². The molecule has 0 spiro atoms. The number of para-hydroxylation sites is 1. The average Bonchev–Trinajstić information content (AvgIpc) is 2.90. The van der Waals surface area contributed by atoms with E-state index in [0.29, 0.717) is 27.9 Å². The van der Waals surface area contributed by atoms with Crippen LogP contribution in [0, 0.1) is 0 Å².